The number of nitrogens with zero attached hydrogens (tertiary/aromatic N) is 2. The largest absolute Gasteiger partial charge is 0.417 e. The van der Waals surface area contributed by atoms with Crippen molar-refractivity contribution in [1.82, 2.24) is 10.2 Å². The number of alkyl halides is 3. The summed E-state index contributed by atoms with van der Waals surface area (Å²) in [5.41, 5.74) is -1.20. The minimum absolute atomic E-state index is 0.0417. The lowest BCUT2D eigenvalue weighted by atomic mass is 10.1. The molecule has 0 aromatic heterocycles. The normalized spacial score (nSPS) is 15.1. The van der Waals surface area contributed by atoms with Gasteiger partial charge >= 0.3 is 6.18 Å². The van der Waals surface area contributed by atoms with Gasteiger partial charge in [0.25, 0.3) is 0 Å². The molecular formula is C26H29Cl3F3N3O4S. The first-order chi connectivity index (χ1) is 18.6. The van der Waals surface area contributed by atoms with Gasteiger partial charge in [0, 0.05) is 22.6 Å². The number of rotatable bonds is 10. The molecule has 7 nitrogen and oxygen atoms in total. The van der Waals surface area contributed by atoms with Crippen LogP contribution in [0.3, 0.4) is 0 Å². The summed E-state index contributed by atoms with van der Waals surface area (Å²) < 4.78 is 66.5. The van der Waals surface area contributed by atoms with E-state index in [2.05, 4.69) is 5.32 Å². The van der Waals surface area contributed by atoms with Gasteiger partial charge in [-0.2, -0.15) is 13.2 Å². The van der Waals surface area contributed by atoms with Crippen LogP contribution < -0.4 is 9.62 Å². The van der Waals surface area contributed by atoms with E-state index < -0.39 is 56.9 Å². The lowest BCUT2D eigenvalue weighted by molar-refractivity contribution is -0.140. The summed E-state index contributed by atoms with van der Waals surface area (Å²) >= 11 is 18.1. The summed E-state index contributed by atoms with van der Waals surface area (Å²) in [5, 5.41) is 2.92. The number of benzene rings is 2. The van der Waals surface area contributed by atoms with E-state index in [1.54, 1.807) is 19.1 Å². The first kappa shape index (κ1) is 32.3. The second kappa shape index (κ2) is 13.2. The lowest BCUT2D eigenvalue weighted by Gasteiger charge is -2.33. The third kappa shape index (κ3) is 8.18. The van der Waals surface area contributed by atoms with Crippen LogP contribution in [0.5, 0.6) is 0 Å². The Hall–Kier alpha value is -2.21. The molecule has 2 aromatic rings. The van der Waals surface area contributed by atoms with Gasteiger partial charge in [-0.15, -0.1) is 0 Å². The molecule has 0 radical (unpaired) electrons. The molecular weight excluding hydrogens is 614 g/mol. The zero-order valence-electron chi connectivity index (χ0n) is 21.8. The molecule has 0 unspecified atom stereocenters. The van der Waals surface area contributed by atoms with Gasteiger partial charge in [-0.05, 0) is 55.2 Å². The van der Waals surface area contributed by atoms with Crippen molar-refractivity contribution in [1.29, 1.82) is 0 Å². The van der Waals surface area contributed by atoms with Crippen molar-refractivity contribution in [3.8, 4) is 0 Å². The highest BCUT2D eigenvalue weighted by molar-refractivity contribution is 7.92. The predicted molar refractivity (Wildman–Crippen MR) is 150 cm³/mol. The minimum atomic E-state index is -4.86. The Bertz CT molecular complexity index is 1350. The monoisotopic (exact) mass is 641 g/mol. The molecule has 1 fully saturated rings. The third-order valence-corrected chi connectivity index (χ3v) is 8.72. The van der Waals surface area contributed by atoms with Gasteiger partial charge in [0.05, 0.1) is 22.5 Å². The van der Waals surface area contributed by atoms with Crippen LogP contribution in [0.2, 0.25) is 15.1 Å². The Labute approximate surface area is 246 Å². The smallest absolute Gasteiger partial charge is 0.352 e. The van der Waals surface area contributed by atoms with Crippen LogP contribution in [0.1, 0.15) is 50.2 Å². The standard InChI is InChI=1S/C26H29Cl3F3N3O4S/c1-3-23(25(37)33-18-6-4-5-7-18)34(14-16-8-9-17(27)12-22(16)29)24(36)15-35(40(2,38)39)19-10-11-21(28)20(13-19)26(30,31)32/h8-13,18,23H,3-7,14-15H2,1-2H3,(H,33,37)/t23-/m1/s1. The van der Waals surface area contributed by atoms with Crippen molar-refractivity contribution in [2.75, 3.05) is 17.1 Å². The van der Waals surface area contributed by atoms with Crippen molar-refractivity contribution in [2.24, 2.45) is 0 Å². The van der Waals surface area contributed by atoms with Crippen LogP contribution in [0, 0.1) is 0 Å². The van der Waals surface area contributed by atoms with Gasteiger partial charge in [0.2, 0.25) is 21.8 Å². The van der Waals surface area contributed by atoms with E-state index in [1.807, 2.05) is 0 Å². The first-order valence-corrected chi connectivity index (χ1v) is 15.5. The van der Waals surface area contributed by atoms with Crippen molar-refractivity contribution in [3.05, 3.63) is 62.6 Å². The Morgan fingerprint density at radius 2 is 1.70 bits per heavy atom. The second-order valence-electron chi connectivity index (χ2n) is 9.60. The fourth-order valence-corrected chi connectivity index (χ4v) is 6.15. The molecule has 14 heteroatoms. The van der Waals surface area contributed by atoms with E-state index in [0.29, 0.717) is 21.0 Å². The number of amides is 2. The number of hydrogen-bond donors (Lipinski definition) is 1. The van der Waals surface area contributed by atoms with Crippen LogP contribution in [0.25, 0.3) is 0 Å². The number of hydrogen-bond acceptors (Lipinski definition) is 4. The van der Waals surface area contributed by atoms with Crippen molar-refractivity contribution >= 4 is 62.3 Å². The highest BCUT2D eigenvalue weighted by atomic mass is 35.5. The van der Waals surface area contributed by atoms with Gasteiger partial charge in [-0.1, -0.05) is 60.6 Å². The predicted octanol–water partition coefficient (Wildman–Crippen LogP) is 6.30. The maximum atomic E-state index is 13.8. The molecule has 2 amide bonds. The molecule has 1 saturated carbocycles. The molecule has 0 aliphatic heterocycles. The van der Waals surface area contributed by atoms with E-state index in [9.17, 15) is 31.2 Å². The SMILES string of the molecule is CC[C@H](C(=O)NC1CCCC1)N(Cc1ccc(Cl)cc1Cl)C(=O)CN(c1ccc(Cl)c(C(F)(F)F)c1)S(C)(=O)=O. The zero-order chi connectivity index (χ0) is 29.8. The van der Waals surface area contributed by atoms with Crippen LogP contribution in [0.4, 0.5) is 18.9 Å². The van der Waals surface area contributed by atoms with Gasteiger partial charge in [0.1, 0.15) is 12.6 Å². The maximum absolute atomic E-state index is 13.8. The summed E-state index contributed by atoms with van der Waals surface area (Å²) in [7, 11) is -4.25. The van der Waals surface area contributed by atoms with E-state index in [4.69, 9.17) is 34.8 Å². The maximum Gasteiger partial charge on any atom is 0.417 e. The summed E-state index contributed by atoms with van der Waals surface area (Å²) in [6.45, 7) is 0.666. The summed E-state index contributed by atoms with van der Waals surface area (Å²) in [6, 6.07) is 6.12. The summed E-state index contributed by atoms with van der Waals surface area (Å²) in [6.07, 6.45) is -0.355. The molecule has 40 heavy (non-hydrogen) atoms. The molecule has 1 atom stereocenters. The van der Waals surface area contributed by atoms with Gasteiger partial charge < -0.3 is 10.2 Å². The first-order valence-electron chi connectivity index (χ1n) is 12.5. The zero-order valence-corrected chi connectivity index (χ0v) is 24.9. The molecule has 0 spiro atoms. The van der Waals surface area contributed by atoms with Gasteiger partial charge in [-0.25, -0.2) is 8.42 Å². The molecule has 1 aliphatic rings. The quantitative estimate of drug-likeness (QED) is 0.330. The average Bonchev–Trinajstić information content (AvgIpc) is 3.35. The summed E-state index contributed by atoms with van der Waals surface area (Å²) in [5.74, 6) is -1.22. The average molecular weight is 643 g/mol. The Morgan fingerprint density at radius 1 is 1.05 bits per heavy atom. The minimum Gasteiger partial charge on any atom is -0.352 e. The molecule has 0 saturated heterocycles. The highest BCUT2D eigenvalue weighted by Crippen LogP contribution is 2.37. The van der Waals surface area contributed by atoms with Crippen molar-refractivity contribution < 1.29 is 31.2 Å². The van der Waals surface area contributed by atoms with Crippen LogP contribution >= 0.6 is 34.8 Å². The number of carbonyl (C=O) groups is 2. The van der Waals surface area contributed by atoms with Gasteiger partial charge in [-0.3, -0.25) is 13.9 Å². The molecule has 0 bridgehead atoms. The van der Waals surface area contributed by atoms with E-state index in [0.717, 1.165) is 44.1 Å². The van der Waals surface area contributed by atoms with Gasteiger partial charge in [0.15, 0.2) is 0 Å². The highest BCUT2D eigenvalue weighted by Gasteiger charge is 2.36. The third-order valence-electron chi connectivity index (χ3n) is 6.67. The molecule has 1 N–H and O–H groups in total. The summed E-state index contributed by atoms with van der Waals surface area (Å²) in [4.78, 5) is 28.3. The van der Waals surface area contributed by atoms with Crippen molar-refractivity contribution in [2.45, 2.75) is 63.8 Å². The van der Waals surface area contributed by atoms with Crippen LogP contribution in [-0.2, 0) is 32.3 Å². The van der Waals surface area contributed by atoms with Crippen LogP contribution in [0.15, 0.2) is 36.4 Å². The second-order valence-corrected chi connectivity index (χ2v) is 12.8. The number of sulfonamides is 1. The topological polar surface area (TPSA) is 86.8 Å². The number of halogens is 6. The lowest BCUT2D eigenvalue weighted by Crippen LogP contribution is -2.53. The van der Waals surface area contributed by atoms with E-state index in [1.165, 1.54) is 11.0 Å². The molecule has 3 rings (SSSR count). The Morgan fingerprint density at radius 3 is 2.25 bits per heavy atom. The van der Waals surface area contributed by atoms with Crippen molar-refractivity contribution in [3.63, 3.8) is 0 Å². The number of anilines is 1. The van der Waals surface area contributed by atoms with Crippen LogP contribution in [-0.4, -0.2) is 50.0 Å². The number of carbonyl (C=O) groups excluding carboxylic acids is 2. The molecule has 0 heterocycles. The number of nitrogens with one attached hydrogen (secondary N) is 1. The Balaban J connectivity index is 2.00. The molecule has 2 aromatic carbocycles. The molecule has 1 aliphatic carbocycles. The fourth-order valence-electron chi connectivity index (χ4n) is 4.62. The fraction of sp³-hybridized carbons (Fsp3) is 0.462. The molecule has 220 valence electrons. The Kier molecular flexibility index (Phi) is 10.6. The van der Waals surface area contributed by atoms with E-state index >= 15 is 0 Å². The van der Waals surface area contributed by atoms with E-state index in [-0.39, 0.29) is 24.0 Å².